The number of amides is 1. The molecule has 0 aliphatic rings. The summed E-state index contributed by atoms with van der Waals surface area (Å²) in [6.45, 7) is 2.30. The third-order valence-corrected chi connectivity index (χ3v) is 3.41. The average Bonchev–Trinajstić information content (AvgIpc) is 2.44. The van der Waals surface area contributed by atoms with Crippen molar-refractivity contribution in [3.8, 4) is 11.5 Å². The van der Waals surface area contributed by atoms with Crippen LogP contribution in [-0.2, 0) is 0 Å². The summed E-state index contributed by atoms with van der Waals surface area (Å²) < 4.78 is 11.0. The van der Waals surface area contributed by atoms with Crippen molar-refractivity contribution in [2.75, 3.05) is 27.4 Å². The van der Waals surface area contributed by atoms with Crippen molar-refractivity contribution < 1.29 is 19.4 Å². The zero-order valence-corrected chi connectivity index (χ0v) is 12.8. The molecule has 6 heteroatoms. The van der Waals surface area contributed by atoms with Gasteiger partial charge in [0.05, 0.1) is 14.2 Å². The van der Waals surface area contributed by atoms with Gasteiger partial charge in [-0.2, -0.15) is 0 Å². The van der Waals surface area contributed by atoms with Crippen LogP contribution in [0.2, 0.25) is 0 Å². The molecule has 1 unspecified atom stereocenters. The Morgan fingerprint density at radius 2 is 1.89 bits per heavy atom. The summed E-state index contributed by atoms with van der Waals surface area (Å²) in [6, 6.07) is 3.26. The second-order valence-corrected chi connectivity index (χ2v) is 4.99. The first-order chi connectivity index (χ1) is 9.03. The van der Waals surface area contributed by atoms with Gasteiger partial charge >= 0.3 is 0 Å². The van der Waals surface area contributed by atoms with E-state index < -0.39 is 0 Å². The second-order valence-electron chi connectivity index (χ2n) is 4.19. The van der Waals surface area contributed by atoms with Crippen LogP contribution in [0.25, 0.3) is 0 Å². The highest BCUT2D eigenvalue weighted by Gasteiger charge is 2.14. The van der Waals surface area contributed by atoms with Crippen LogP contribution in [0.15, 0.2) is 16.6 Å². The van der Waals surface area contributed by atoms with Crippen LogP contribution in [-0.4, -0.2) is 38.4 Å². The lowest BCUT2D eigenvalue weighted by Gasteiger charge is -2.13. The SMILES string of the molecule is COc1cc(C(=O)NCC(C)CO)cc(OC)c1Br. The predicted molar refractivity (Wildman–Crippen MR) is 75.8 cm³/mol. The number of hydrogen-bond donors (Lipinski definition) is 2. The molecule has 1 aromatic carbocycles. The van der Waals surface area contributed by atoms with Gasteiger partial charge in [0.15, 0.2) is 0 Å². The number of rotatable bonds is 6. The van der Waals surface area contributed by atoms with E-state index in [1.165, 1.54) is 14.2 Å². The second kappa shape index (κ2) is 7.35. The molecular formula is C13H18BrNO4. The molecule has 5 nitrogen and oxygen atoms in total. The molecule has 106 valence electrons. The summed E-state index contributed by atoms with van der Waals surface area (Å²) in [6.07, 6.45) is 0. The molecule has 1 atom stereocenters. The molecule has 0 saturated carbocycles. The van der Waals surface area contributed by atoms with Gasteiger partial charge in [-0.3, -0.25) is 4.79 Å². The molecule has 19 heavy (non-hydrogen) atoms. The molecule has 2 N–H and O–H groups in total. The van der Waals surface area contributed by atoms with Crippen molar-refractivity contribution in [1.82, 2.24) is 5.32 Å². The van der Waals surface area contributed by atoms with Gasteiger partial charge in [0, 0.05) is 18.7 Å². The lowest BCUT2D eigenvalue weighted by atomic mass is 10.1. The third-order valence-electron chi connectivity index (χ3n) is 2.63. The van der Waals surface area contributed by atoms with E-state index in [1.54, 1.807) is 12.1 Å². The van der Waals surface area contributed by atoms with Crippen LogP contribution in [0.3, 0.4) is 0 Å². The van der Waals surface area contributed by atoms with Gasteiger partial charge in [-0.15, -0.1) is 0 Å². The van der Waals surface area contributed by atoms with E-state index >= 15 is 0 Å². The summed E-state index contributed by atoms with van der Waals surface area (Å²) in [5, 5.41) is 11.7. The fourth-order valence-corrected chi connectivity index (χ4v) is 1.99. The molecule has 0 spiro atoms. The Bertz CT molecular complexity index is 425. The molecule has 1 aromatic rings. The largest absolute Gasteiger partial charge is 0.495 e. The number of ether oxygens (including phenoxy) is 2. The minimum absolute atomic E-state index is 0.0168. The first kappa shape index (κ1) is 15.8. The van der Waals surface area contributed by atoms with Crippen LogP contribution < -0.4 is 14.8 Å². The summed E-state index contributed by atoms with van der Waals surface area (Å²) in [4.78, 5) is 12.0. The molecule has 0 fully saturated rings. The molecule has 1 rings (SSSR count). The minimum atomic E-state index is -0.232. The van der Waals surface area contributed by atoms with Gasteiger partial charge in [-0.05, 0) is 34.0 Å². The van der Waals surface area contributed by atoms with Crippen molar-refractivity contribution in [3.63, 3.8) is 0 Å². The van der Waals surface area contributed by atoms with Crippen molar-refractivity contribution >= 4 is 21.8 Å². The Balaban J connectivity index is 2.91. The van der Waals surface area contributed by atoms with E-state index in [0.717, 1.165) is 0 Å². The monoisotopic (exact) mass is 331 g/mol. The molecule has 1 amide bonds. The number of hydrogen-bond acceptors (Lipinski definition) is 4. The Hall–Kier alpha value is -1.27. The van der Waals surface area contributed by atoms with Crippen LogP contribution in [0.1, 0.15) is 17.3 Å². The first-order valence-corrected chi connectivity index (χ1v) is 6.63. The van der Waals surface area contributed by atoms with Crippen LogP contribution in [0.5, 0.6) is 11.5 Å². The van der Waals surface area contributed by atoms with Gasteiger partial charge in [-0.1, -0.05) is 6.92 Å². The molecule has 0 bridgehead atoms. The summed E-state index contributed by atoms with van der Waals surface area (Å²) in [5.74, 6) is 0.840. The number of nitrogens with one attached hydrogen (secondary N) is 1. The number of benzene rings is 1. The maximum Gasteiger partial charge on any atom is 0.251 e. The van der Waals surface area contributed by atoms with E-state index in [1.807, 2.05) is 6.92 Å². The number of aliphatic hydroxyl groups is 1. The highest BCUT2D eigenvalue weighted by Crippen LogP contribution is 2.35. The highest BCUT2D eigenvalue weighted by atomic mass is 79.9. The predicted octanol–water partition coefficient (Wildman–Crippen LogP) is 1.82. The molecule has 0 aliphatic heterocycles. The van der Waals surface area contributed by atoms with E-state index in [4.69, 9.17) is 14.6 Å². The van der Waals surface area contributed by atoms with Gasteiger partial charge in [-0.25, -0.2) is 0 Å². The first-order valence-electron chi connectivity index (χ1n) is 5.84. The topological polar surface area (TPSA) is 67.8 Å². The lowest BCUT2D eigenvalue weighted by molar-refractivity contribution is 0.0941. The van der Waals surface area contributed by atoms with Crippen molar-refractivity contribution in [1.29, 1.82) is 0 Å². The average molecular weight is 332 g/mol. The van der Waals surface area contributed by atoms with E-state index in [9.17, 15) is 4.79 Å². The molecule has 0 heterocycles. The Kier molecular flexibility index (Phi) is 6.11. The van der Waals surface area contributed by atoms with Crippen molar-refractivity contribution in [2.45, 2.75) is 6.92 Å². The molecule has 0 aromatic heterocycles. The fourth-order valence-electron chi connectivity index (χ4n) is 1.43. The summed E-state index contributed by atoms with van der Waals surface area (Å²) in [5.41, 5.74) is 0.446. The number of aliphatic hydroxyl groups excluding tert-OH is 1. The van der Waals surface area contributed by atoms with E-state index in [2.05, 4.69) is 21.2 Å². The molecule has 0 saturated heterocycles. The van der Waals surface area contributed by atoms with Crippen LogP contribution in [0.4, 0.5) is 0 Å². The quantitative estimate of drug-likeness (QED) is 0.834. The van der Waals surface area contributed by atoms with E-state index in [0.29, 0.717) is 28.1 Å². The normalized spacial score (nSPS) is 11.8. The number of carbonyl (C=O) groups is 1. The highest BCUT2D eigenvalue weighted by molar-refractivity contribution is 9.10. The summed E-state index contributed by atoms with van der Waals surface area (Å²) >= 11 is 3.34. The molecular weight excluding hydrogens is 314 g/mol. The zero-order chi connectivity index (χ0) is 14.4. The number of carbonyl (C=O) groups excluding carboxylic acids is 1. The van der Waals surface area contributed by atoms with Crippen molar-refractivity contribution in [2.24, 2.45) is 5.92 Å². The van der Waals surface area contributed by atoms with Gasteiger partial charge in [0.1, 0.15) is 16.0 Å². The zero-order valence-electron chi connectivity index (χ0n) is 11.2. The standard InChI is InChI=1S/C13H18BrNO4/c1-8(7-16)6-15-13(17)9-4-10(18-2)12(14)11(5-9)19-3/h4-5,8,16H,6-7H2,1-3H3,(H,15,17). The lowest BCUT2D eigenvalue weighted by Crippen LogP contribution is -2.29. The minimum Gasteiger partial charge on any atom is -0.495 e. The van der Waals surface area contributed by atoms with E-state index in [-0.39, 0.29) is 18.4 Å². The molecule has 0 aliphatic carbocycles. The van der Waals surface area contributed by atoms with Crippen molar-refractivity contribution in [3.05, 3.63) is 22.2 Å². The smallest absolute Gasteiger partial charge is 0.251 e. The van der Waals surface area contributed by atoms with Gasteiger partial charge in [0.2, 0.25) is 0 Å². The number of methoxy groups -OCH3 is 2. The van der Waals surface area contributed by atoms with Crippen LogP contribution >= 0.6 is 15.9 Å². The Morgan fingerprint density at radius 3 is 2.32 bits per heavy atom. The maximum absolute atomic E-state index is 12.0. The van der Waals surface area contributed by atoms with Gasteiger partial charge < -0.3 is 19.9 Å². The van der Waals surface area contributed by atoms with Crippen LogP contribution in [0, 0.1) is 5.92 Å². The third kappa shape index (κ3) is 4.11. The number of halogens is 1. The summed E-state index contributed by atoms with van der Waals surface area (Å²) in [7, 11) is 3.05. The fraction of sp³-hybridized carbons (Fsp3) is 0.462. The Morgan fingerprint density at radius 1 is 1.37 bits per heavy atom. The Labute approximate surface area is 121 Å². The van der Waals surface area contributed by atoms with Gasteiger partial charge in [0.25, 0.3) is 5.91 Å². The maximum atomic E-state index is 12.0. The molecule has 0 radical (unpaired) electrons.